The lowest BCUT2D eigenvalue weighted by atomic mass is 10.2. The molecule has 112 valence electrons. The van der Waals surface area contributed by atoms with Gasteiger partial charge in [0.25, 0.3) is 0 Å². The Kier molecular flexibility index (Phi) is 5.02. The van der Waals surface area contributed by atoms with Crippen LogP contribution in [0.1, 0.15) is 36.3 Å². The zero-order valence-electron chi connectivity index (χ0n) is 12.6. The van der Waals surface area contributed by atoms with Gasteiger partial charge in [0.15, 0.2) is 0 Å². The van der Waals surface area contributed by atoms with E-state index in [2.05, 4.69) is 10.4 Å². The van der Waals surface area contributed by atoms with Gasteiger partial charge in [0, 0.05) is 23.7 Å². The van der Waals surface area contributed by atoms with Gasteiger partial charge in [-0.05, 0) is 38.5 Å². The molecule has 0 aliphatic rings. The number of aryl methyl sites for hydroxylation is 2. The maximum Gasteiger partial charge on any atom is 0.222 e. The van der Waals surface area contributed by atoms with Gasteiger partial charge in [0.2, 0.25) is 5.91 Å². The quantitative estimate of drug-likeness (QED) is 0.920. The molecule has 1 unspecified atom stereocenters. The number of halogens is 1. The number of carbonyl (C=O) groups is 1. The van der Waals surface area contributed by atoms with Gasteiger partial charge in [-0.15, -0.1) is 0 Å². The van der Waals surface area contributed by atoms with Crippen molar-refractivity contribution in [1.29, 1.82) is 0 Å². The number of aromatic nitrogens is 2. The van der Waals surface area contributed by atoms with E-state index < -0.39 is 0 Å². The predicted octanol–water partition coefficient (Wildman–Crippen LogP) is 3.42. The highest BCUT2D eigenvalue weighted by Crippen LogP contribution is 2.16. The Morgan fingerprint density at radius 3 is 2.71 bits per heavy atom. The van der Waals surface area contributed by atoms with Crippen LogP contribution < -0.4 is 5.32 Å². The zero-order valence-corrected chi connectivity index (χ0v) is 13.3. The van der Waals surface area contributed by atoms with E-state index in [-0.39, 0.29) is 11.9 Å². The van der Waals surface area contributed by atoms with Crippen molar-refractivity contribution in [3.63, 3.8) is 0 Å². The van der Waals surface area contributed by atoms with Gasteiger partial charge in [-0.25, -0.2) is 0 Å². The first kappa shape index (κ1) is 15.6. The molecular weight excluding hydrogens is 286 g/mol. The largest absolute Gasteiger partial charge is 0.352 e. The summed E-state index contributed by atoms with van der Waals surface area (Å²) < 4.78 is 1.89. The molecule has 1 atom stereocenters. The Labute approximate surface area is 130 Å². The predicted molar refractivity (Wildman–Crippen MR) is 84.3 cm³/mol. The van der Waals surface area contributed by atoms with E-state index in [1.165, 1.54) is 0 Å². The highest BCUT2D eigenvalue weighted by Gasteiger charge is 2.14. The number of hydrogen-bond acceptors (Lipinski definition) is 2. The Hall–Kier alpha value is -1.81. The van der Waals surface area contributed by atoms with Crippen LogP contribution in [0.5, 0.6) is 0 Å². The Morgan fingerprint density at radius 2 is 2.10 bits per heavy atom. The molecule has 1 heterocycles. The van der Waals surface area contributed by atoms with E-state index in [9.17, 15) is 4.79 Å². The van der Waals surface area contributed by atoms with Gasteiger partial charge in [-0.1, -0.05) is 29.8 Å². The summed E-state index contributed by atoms with van der Waals surface area (Å²) in [5, 5.41) is 7.98. The third-order valence-corrected chi connectivity index (χ3v) is 3.75. The summed E-state index contributed by atoms with van der Waals surface area (Å²) >= 11 is 6.07. The normalized spacial score (nSPS) is 12.2. The van der Waals surface area contributed by atoms with Gasteiger partial charge in [0.1, 0.15) is 0 Å². The van der Waals surface area contributed by atoms with Crippen molar-refractivity contribution in [1.82, 2.24) is 15.1 Å². The van der Waals surface area contributed by atoms with Crippen molar-refractivity contribution < 1.29 is 4.79 Å². The van der Waals surface area contributed by atoms with Gasteiger partial charge in [-0.3, -0.25) is 9.48 Å². The average Bonchev–Trinajstić information content (AvgIpc) is 2.77. The molecule has 0 aliphatic carbocycles. The molecule has 1 amide bonds. The number of rotatable bonds is 5. The van der Waals surface area contributed by atoms with Gasteiger partial charge in [-0.2, -0.15) is 5.10 Å². The summed E-state index contributed by atoms with van der Waals surface area (Å²) in [5.74, 6) is -0.00465. The molecule has 1 N–H and O–H groups in total. The lowest BCUT2D eigenvalue weighted by Gasteiger charge is -2.14. The first-order valence-electron chi connectivity index (χ1n) is 7.00. The summed E-state index contributed by atoms with van der Waals surface area (Å²) in [6.45, 7) is 6.39. The van der Waals surface area contributed by atoms with Gasteiger partial charge >= 0.3 is 0 Å². The molecule has 4 nitrogen and oxygen atoms in total. The van der Waals surface area contributed by atoms with E-state index in [0.717, 1.165) is 17.0 Å². The lowest BCUT2D eigenvalue weighted by molar-refractivity contribution is -0.122. The molecule has 0 radical (unpaired) electrons. The molecule has 1 aromatic carbocycles. The third-order valence-electron chi connectivity index (χ3n) is 3.38. The molecule has 2 aromatic rings. The summed E-state index contributed by atoms with van der Waals surface area (Å²) in [6, 6.07) is 9.56. The number of nitrogens with one attached hydrogen (secondary N) is 1. The Bertz CT molecular complexity index is 636. The standard InChI is InChI=1S/C16H20ClN3O/c1-11-8-12(2)20(19-11)13(3)9-16(21)18-10-14-6-4-5-7-15(14)17/h4-8,13H,9-10H2,1-3H3,(H,18,21). The number of amides is 1. The second kappa shape index (κ2) is 6.76. The van der Waals surface area contributed by atoms with E-state index >= 15 is 0 Å². The fraction of sp³-hybridized carbons (Fsp3) is 0.375. The van der Waals surface area contributed by atoms with Crippen molar-refractivity contribution in [3.8, 4) is 0 Å². The Balaban J connectivity index is 1.90. The van der Waals surface area contributed by atoms with Crippen LogP contribution in [0.25, 0.3) is 0 Å². The third kappa shape index (κ3) is 4.08. The SMILES string of the molecule is Cc1cc(C)n(C(C)CC(=O)NCc2ccccc2Cl)n1. The molecule has 0 bridgehead atoms. The average molecular weight is 306 g/mol. The molecule has 0 aliphatic heterocycles. The second-order valence-corrected chi connectivity index (χ2v) is 5.70. The van der Waals surface area contributed by atoms with E-state index in [1.54, 1.807) is 0 Å². The molecule has 1 aromatic heterocycles. The molecule has 0 fully saturated rings. The van der Waals surface area contributed by atoms with E-state index in [1.807, 2.05) is 55.8 Å². The van der Waals surface area contributed by atoms with Gasteiger partial charge < -0.3 is 5.32 Å². The maximum absolute atomic E-state index is 12.0. The first-order valence-corrected chi connectivity index (χ1v) is 7.38. The number of carbonyl (C=O) groups excluding carboxylic acids is 1. The van der Waals surface area contributed by atoms with Crippen molar-refractivity contribution in [2.75, 3.05) is 0 Å². The van der Waals surface area contributed by atoms with Crippen LogP contribution in [0.15, 0.2) is 30.3 Å². The Morgan fingerprint density at radius 1 is 1.38 bits per heavy atom. The fourth-order valence-corrected chi connectivity index (χ4v) is 2.56. The topological polar surface area (TPSA) is 46.9 Å². The van der Waals surface area contributed by atoms with Crippen LogP contribution in [0.2, 0.25) is 5.02 Å². The highest BCUT2D eigenvalue weighted by atomic mass is 35.5. The van der Waals surface area contributed by atoms with Crippen LogP contribution in [0, 0.1) is 13.8 Å². The molecule has 5 heteroatoms. The summed E-state index contributed by atoms with van der Waals surface area (Å²) in [6.07, 6.45) is 0.395. The van der Waals surface area contributed by atoms with Crippen molar-refractivity contribution in [3.05, 3.63) is 52.3 Å². The van der Waals surface area contributed by atoms with Crippen molar-refractivity contribution >= 4 is 17.5 Å². The van der Waals surface area contributed by atoms with E-state index in [0.29, 0.717) is 18.0 Å². The second-order valence-electron chi connectivity index (χ2n) is 5.29. The molecular formula is C16H20ClN3O. The number of nitrogens with zero attached hydrogens (tertiary/aromatic N) is 2. The van der Waals surface area contributed by atoms with Crippen LogP contribution in [-0.4, -0.2) is 15.7 Å². The minimum Gasteiger partial charge on any atom is -0.352 e. The highest BCUT2D eigenvalue weighted by molar-refractivity contribution is 6.31. The fourth-order valence-electron chi connectivity index (χ4n) is 2.35. The molecule has 2 rings (SSSR count). The molecule has 0 spiro atoms. The number of hydrogen-bond donors (Lipinski definition) is 1. The van der Waals surface area contributed by atoms with Crippen LogP contribution in [-0.2, 0) is 11.3 Å². The summed E-state index contributed by atoms with van der Waals surface area (Å²) in [4.78, 5) is 12.0. The first-order chi connectivity index (χ1) is 9.97. The minimum atomic E-state index is -0.00465. The van der Waals surface area contributed by atoms with Crippen LogP contribution >= 0.6 is 11.6 Å². The zero-order chi connectivity index (χ0) is 15.4. The monoisotopic (exact) mass is 305 g/mol. The molecule has 0 saturated heterocycles. The van der Waals surface area contributed by atoms with Gasteiger partial charge in [0.05, 0.1) is 11.7 Å². The summed E-state index contributed by atoms with van der Waals surface area (Å²) in [7, 11) is 0. The van der Waals surface area contributed by atoms with Crippen LogP contribution in [0.4, 0.5) is 0 Å². The maximum atomic E-state index is 12.0. The van der Waals surface area contributed by atoms with E-state index in [4.69, 9.17) is 11.6 Å². The minimum absolute atomic E-state index is 0.00465. The van der Waals surface area contributed by atoms with Crippen LogP contribution in [0.3, 0.4) is 0 Å². The lowest BCUT2D eigenvalue weighted by Crippen LogP contribution is -2.26. The van der Waals surface area contributed by atoms with Crippen molar-refractivity contribution in [2.45, 2.75) is 39.8 Å². The smallest absolute Gasteiger partial charge is 0.222 e. The molecule has 0 saturated carbocycles. The molecule has 21 heavy (non-hydrogen) atoms. The number of benzene rings is 1. The summed E-state index contributed by atoms with van der Waals surface area (Å²) in [5.41, 5.74) is 2.96. The van der Waals surface area contributed by atoms with Crippen molar-refractivity contribution in [2.24, 2.45) is 0 Å².